The second-order valence-corrected chi connectivity index (χ2v) is 17.5. The van der Waals surface area contributed by atoms with E-state index in [-0.39, 0.29) is 29.2 Å². The SMILES string of the molecule is CN(C)CCC(CSc1ccccc1)Nc1ccc(S(=O)(=O)NC(=O)c2ccc(N3CCC(NC(=O)c4ccccc4-c4ccc(Cl)cc4)CC3)cc2)cc1[N+](=O)[O-]. The number of anilines is 2. The largest absolute Gasteiger partial charge is 0.376 e. The van der Waals surface area contributed by atoms with Crippen LogP contribution in [-0.4, -0.2) is 81.6 Å². The molecule has 1 saturated heterocycles. The fourth-order valence-electron chi connectivity index (χ4n) is 6.67. The maximum absolute atomic E-state index is 13.4. The molecule has 1 heterocycles. The highest BCUT2D eigenvalue weighted by molar-refractivity contribution is 7.99. The Morgan fingerprint density at radius 2 is 1.57 bits per heavy atom. The fraction of sp³-hybridized carbons (Fsp3) is 0.256. The minimum atomic E-state index is -4.46. The van der Waals surface area contributed by atoms with Gasteiger partial charge in [0.2, 0.25) is 0 Å². The molecule has 0 radical (unpaired) electrons. The quantitative estimate of drug-likeness (QED) is 0.0507. The van der Waals surface area contributed by atoms with Crippen molar-refractivity contribution in [2.75, 3.05) is 49.7 Å². The highest BCUT2D eigenvalue weighted by Crippen LogP contribution is 2.31. The Bertz CT molecular complexity index is 2320. The summed E-state index contributed by atoms with van der Waals surface area (Å²) < 4.78 is 28.8. The average molecular weight is 841 g/mol. The summed E-state index contributed by atoms with van der Waals surface area (Å²) in [6, 6.07) is 34.7. The van der Waals surface area contributed by atoms with Crippen LogP contribution in [0.2, 0.25) is 5.02 Å². The molecule has 0 saturated carbocycles. The first-order chi connectivity index (χ1) is 27.9. The Balaban J connectivity index is 1.05. The zero-order chi connectivity index (χ0) is 41.2. The van der Waals surface area contributed by atoms with Crippen LogP contribution in [0.25, 0.3) is 11.1 Å². The van der Waals surface area contributed by atoms with Crippen LogP contribution >= 0.6 is 23.4 Å². The Morgan fingerprint density at radius 1 is 0.897 bits per heavy atom. The molecule has 1 fully saturated rings. The summed E-state index contributed by atoms with van der Waals surface area (Å²) in [5.74, 6) is -0.379. The smallest absolute Gasteiger partial charge is 0.293 e. The summed E-state index contributed by atoms with van der Waals surface area (Å²) in [5.41, 5.74) is 3.05. The molecule has 58 heavy (non-hydrogen) atoms. The first kappa shape index (κ1) is 42.2. The van der Waals surface area contributed by atoms with Gasteiger partial charge in [-0.05, 0) is 118 Å². The first-order valence-corrected chi connectivity index (χ1v) is 21.7. The van der Waals surface area contributed by atoms with Crippen molar-refractivity contribution in [1.82, 2.24) is 14.9 Å². The first-order valence-electron chi connectivity index (χ1n) is 18.8. The zero-order valence-corrected chi connectivity index (χ0v) is 34.5. The Labute approximate surface area is 348 Å². The molecule has 1 unspecified atom stereocenters. The molecular formula is C43H45ClN6O6S2. The predicted molar refractivity (Wildman–Crippen MR) is 232 cm³/mol. The van der Waals surface area contributed by atoms with E-state index in [0.29, 0.717) is 48.7 Å². The standard InChI is InChI=1S/C43H45ClN6O6S2/c1-48(2)25-22-34(29-57-36-8-4-3-5-9-36)45-40-21-20-37(28-41(40)50(53)54)58(55,56)47-42(51)31-14-18-35(19-15-31)49-26-23-33(24-27-49)46-43(52)39-11-7-6-10-38(39)30-12-16-32(44)17-13-30/h3-21,28,33-34,45H,22-27,29H2,1-2H3,(H,46,52)(H,47,51). The summed E-state index contributed by atoms with van der Waals surface area (Å²) in [6.45, 7) is 2.06. The Morgan fingerprint density at radius 3 is 2.24 bits per heavy atom. The third-order valence-corrected chi connectivity index (χ3v) is 12.6. The molecule has 5 aromatic carbocycles. The molecule has 6 rings (SSSR count). The normalized spacial score (nSPS) is 13.8. The number of hydrogen-bond donors (Lipinski definition) is 3. The van der Waals surface area contributed by atoms with Crippen molar-refractivity contribution in [3.8, 4) is 11.1 Å². The number of sulfonamides is 1. The third kappa shape index (κ3) is 11.2. The Hall–Kier alpha value is -5.41. The molecule has 0 aromatic heterocycles. The van der Waals surface area contributed by atoms with E-state index >= 15 is 0 Å². The van der Waals surface area contributed by atoms with Crippen LogP contribution in [0.4, 0.5) is 17.1 Å². The van der Waals surface area contributed by atoms with Crippen LogP contribution in [0, 0.1) is 10.1 Å². The molecule has 1 atom stereocenters. The van der Waals surface area contributed by atoms with E-state index < -0.39 is 31.4 Å². The lowest BCUT2D eigenvalue weighted by Crippen LogP contribution is -2.44. The van der Waals surface area contributed by atoms with Crippen LogP contribution in [0.15, 0.2) is 131 Å². The number of benzene rings is 5. The van der Waals surface area contributed by atoms with Gasteiger partial charge in [0.15, 0.2) is 0 Å². The summed E-state index contributed by atoms with van der Waals surface area (Å²) in [4.78, 5) is 42.9. The molecule has 5 aromatic rings. The van der Waals surface area contributed by atoms with E-state index in [1.807, 2.05) is 85.7 Å². The van der Waals surface area contributed by atoms with E-state index in [4.69, 9.17) is 11.6 Å². The number of hydrogen-bond acceptors (Lipinski definition) is 10. The van der Waals surface area contributed by atoms with Gasteiger partial charge >= 0.3 is 0 Å². The lowest BCUT2D eigenvalue weighted by Gasteiger charge is -2.34. The van der Waals surface area contributed by atoms with Gasteiger partial charge in [-0.1, -0.05) is 60.1 Å². The number of halogens is 1. The van der Waals surface area contributed by atoms with E-state index in [1.54, 1.807) is 48.2 Å². The predicted octanol–water partition coefficient (Wildman–Crippen LogP) is 7.96. The van der Waals surface area contributed by atoms with Gasteiger partial charge in [0.05, 0.1) is 9.82 Å². The second kappa shape index (κ2) is 19.4. The van der Waals surface area contributed by atoms with Crippen molar-refractivity contribution in [2.24, 2.45) is 0 Å². The van der Waals surface area contributed by atoms with Crippen LogP contribution in [0.3, 0.4) is 0 Å². The molecule has 0 spiro atoms. The molecule has 0 bridgehead atoms. The van der Waals surface area contributed by atoms with Crippen molar-refractivity contribution < 1.29 is 22.9 Å². The number of rotatable bonds is 16. The van der Waals surface area contributed by atoms with E-state index in [2.05, 4.69) is 20.3 Å². The maximum atomic E-state index is 13.4. The van der Waals surface area contributed by atoms with Gasteiger partial charge in [0, 0.05) is 63.7 Å². The molecule has 1 aliphatic heterocycles. The van der Waals surface area contributed by atoms with Crippen LogP contribution in [-0.2, 0) is 10.0 Å². The number of amides is 2. The van der Waals surface area contributed by atoms with Gasteiger partial charge in [-0.2, -0.15) is 0 Å². The number of piperidine rings is 1. The molecular weight excluding hydrogens is 796 g/mol. The van der Waals surface area contributed by atoms with Gasteiger partial charge in [0.25, 0.3) is 27.5 Å². The molecule has 3 N–H and O–H groups in total. The molecule has 0 aliphatic carbocycles. The van der Waals surface area contributed by atoms with Gasteiger partial charge in [0.1, 0.15) is 5.69 Å². The van der Waals surface area contributed by atoms with E-state index in [9.17, 15) is 28.1 Å². The number of thioether (sulfide) groups is 1. The second-order valence-electron chi connectivity index (χ2n) is 14.3. The minimum Gasteiger partial charge on any atom is -0.376 e. The topological polar surface area (TPSA) is 154 Å². The fourth-order valence-corrected chi connectivity index (χ4v) is 8.78. The molecule has 302 valence electrons. The highest BCUT2D eigenvalue weighted by Gasteiger charge is 2.26. The Kier molecular flexibility index (Phi) is 14.1. The van der Waals surface area contributed by atoms with E-state index in [0.717, 1.165) is 34.3 Å². The number of carbonyl (C=O) groups is 2. The lowest BCUT2D eigenvalue weighted by atomic mass is 9.98. The summed E-state index contributed by atoms with van der Waals surface area (Å²) in [6.07, 6.45) is 2.11. The third-order valence-electron chi connectivity index (χ3n) is 9.83. The van der Waals surface area contributed by atoms with Crippen molar-refractivity contribution in [3.63, 3.8) is 0 Å². The zero-order valence-electron chi connectivity index (χ0n) is 32.1. The molecule has 12 nitrogen and oxygen atoms in total. The maximum Gasteiger partial charge on any atom is 0.293 e. The van der Waals surface area contributed by atoms with Crippen molar-refractivity contribution >= 4 is 62.3 Å². The van der Waals surface area contributed by atoms with Crippen molar-refractivity contribution in [1.29, 1.82) is 0 Å². The van der Waals surface area contributed by atoms with E-state index in [1.165, 1.54) is 12.1 Å². The number of nitro benzene ring substituents is 1. The van der Waals surface area contributed by atoms with Gasteiger partial charge in [-0.15, -0.1) is 11.8 Å². The van der Waals surface area contributed by atoms with Crippen molar-refractivity contribution in [3.05, 3.63) is 148 Å². The minimum absolute atomic E-state index is 0.0268. The summed E-state index contributed by atoms with van der Waals surface area (Å²) >= 11 is 7.69. The van der Waals surface area contributed by atoms with Crippen molar-refractivity contribution in [2.45, 2.75) is 41.1 Å². The molecule has 15 heteroatoms. The summed E-state index contributed by atoms with van der Waals surface area (Å²) in [7, 11) is -0.556. The number of nitrogens with zero attached hydrogens (tertiary/aromatic N) is 3. The number of nitrogens with one attached hydrogen (secondary N) is 3. The van der Waals surface area contributed by atoms with Gasteiger partial charge in [-0.25, -0.2) is 13.1 Å². The van der Waals surface area contributed by atoms with Crippen LogP contribution < -0.4 is 20.3 Å². The highest BCUT2D eigenvalue weighted by atomic mass is 35.5. The lowest BCUT2D eigenvalue weighted by molar-refractivity contribution is -0.384. The molecule has 2 amide bonds. The monoisotopic (exact) mass is 840 g/mol. The van der Waals surface area contributed by atoms with Crippen LogP contribution in [0.1, 0.15) is 40.0 Å². The van der Waals surface area contributed by atoms with Gasteiger partial charge in [-0.3, -0.25) is 19.7 Å². The summed E-state index contributed by atoms with van der Waals surface area (Å²) in [5, 5.41) is 19.2. The average Bonchev–Trinajstić information content (AvgIpc) is 3.22. The molecule has 1 aliphatic rings. The number of carbonyl (C=O) groups excluding carboxylic acids is 2. The van der Waals surface area contributed by atoms with Crippen LogP contribution in [0.5, 0.6) is 0 Å². The van der Waals surface area contributed by atoms with Gasteiger partial charge < -0.3 is 20.4 Å². The number of nitro groups is 1.